The summed E-state index contributed by atoms with van der Waals surface area (Å²) < 4.78 is 0. The highest BCUT2D eigenvalue weighted by molar-refractivity contribution is 6.02. The fraction of sp³-hybridized carbons (Fsp3) is 0.556. The van der Waals surface area contributed by atoms with E-state index in [0.717, 1.165) is 57.1 Å². The lowest BCUT2D eigenvalue weighted by Gasteiger charge is -2.33. The number of anilines is 2. The molecular formula is C18H26N4O2. The van der Waals surface area contributed by atoms with E-state index in [1.54, 1.807) is 4.90 Å². The molecule has 2 amide bonds. The van der Waals surface area contributed by atoms with Gasteiger partial charge in [-0.3, -0.25) is 14.5 Å². The van der Waals surface area contributed by atoms with Gasteiger partial charge < -0.3 is 15.1 Å². The summed E-state index contributed by atoms with van der Waals surface area (Å²) in [5.74, 6) is 0.117. The van der Waals surface area contributed by atoms with Gasteiger partial charge in [0, 0.05) is 39.1 Å². The largest absolute Gasteiger partial charge is 0.323 e. The minimum Gasteiger partial charge on any atom is -0.323 e. The lowest BCUT2D eigenvalue weighted by atomic mass is 10.2. The van der Waals surface area contributed by atoms with Crippen molar-refractivity contribution < 1.29 is 9.59 Å². The monoisotopic (exact) mass is 330 g/mol. The predicted octanol–water partition coefficient (Wildman–Crippen LogP) is 1.39. The Morgan fingerprint density at radius 2 is 1.79 bits per heavy atom. The van der Waals surface area contributed by atoms with Crippen LogP contribution in [-0.2, 0) is 9.59 Å². The molecule has 0 saturated carbocycles. The van der Waals surface area contributed by atoms with Crippen molar-refractivity contribution in [1.29, 1.82) is 0 Å². The molecule has 0 spiro atoms. The number of likely N-dealkylation sites (N-methyl/N-ethyl adjacent to an activating group) is 1. The second-order valence-corrected chi connectivity index (χ2v) is 6.42. The third-order valence-corrected chi connectivity index (χ3v) is 4.82. The summed E-state index contributed by atoms with van der Waals surface area (Å²) in [7, 11) is 0. The van der Waals surface area contributed by atoms with Crippen LogP contribution in [0.25, 0.3) is 0 Å². The Balaban J connectivity index is 1.60. The van der Waals surface area contributed by atoms with Gasteiger partial charge in [0.1, 0.15) is 0 Å². The van der Waals surface area contributed by atoms with E-state index >= 15 is 0 Å². The highest BCUT2D eigenvalue weighted by Gasteiger charge is 2.24. The van der Waals surface area contributed by atoms with Crippen molar-refractivity contribution in [1.82, 2.24) is 9.80 Å². The Bertz CT molecular complexity index is 596. The fourth-order valence-electron chi connectivity index (χ4n) is 3.37. The minimum atomic E-state index is -0.0148. The van der Waals surface area contributed by atoms with Crippen LogP contribution in [0.5, 0.6) is 0 Å². The van der Waals surface area contributed by atoms with Crippen molar-refractivity contribution in [2.24, 2.45) is 0 Å². The zero-order chi connectivity index (χ0) is 16.9. The summed E-state index contributed by atoms with van der Waals surface area (Å²) in [6.07, 6.45) is 1.47. The molecule has 0 atom stereocenters. The summed E-state index contributed by atoms with van der Waals surface area (Å²) in [4.78, 5) is 30.8. The standard InChI is InChI=1S/C18H26N4O2/c1-2-20-10-12-21(13-11-20)14-17(23)19-15-6-3-4-7-16(15)22-9-5-8-18(22)24/h3-4,6-7H,2,5,8-14H2,1H3,(H,19,23). The number of piperazine rings is 1. The molecule has 6 nitrogen and oxygen atoms in total. The van der Waals surface area contributed by atoms with Crippen LogP contribution in [0.4, 0.5) is 11.4 Å². The highest BCUT2D eigenvalue weighted by Crippen LogP contribution is 2.29. The van der Waals surface area contributed by atoms with Gasteiger partial charge in [-0.15, -0.1) is 0 Å². The number of rotatable bonds is 5. The highest BCUT2D eigenvalue weighted by atomic mass is 16.2. The second-order valence-electron chi connectivity index (χ2n) is 6.42. The number of carbonyl (C=O) groups excluding carboxylic acids is 2. The maximum Gasteiger partial charge on any atom is 0.238 e. The molecule has 2 aliphatic rings. The number of amides is 2. The summed E-state index contributed by atoms with van der Waals surface area (Å²) >= 11 is 0. The number of hydrogen-bond acceptors (Lipinski definition) is 4. The van der Waals surface area contributed by atoms with Crippen LogP contribution in [0.3, 0.4) is 0 Å². The third kappa shape index (κ3) is 3.94. The van der Waals surface area contributed by atoms with Crippen molar-refractivity contribution in [2.75, 3.05) is 56.0 Å². The van der Waals surface area contributed by atoms with Gasteiger partial charge in [0.2, 0.25) is 11.8 Å². The number of carbonyl (C=O) groups is 2. The number of hydrogen-bond donors (Lipinski definition) is 1. The Hall–Kier alpha value is -1.92. The van der Waals surface area contributed by atoms with Crippen LogP contribution in [0.1, 0.15) is 19.8 Å². The first-order valence-electron chi connectivity index (χ1n) is 8.81. The van der Waals surface area contributed by atoms with Gasteiger partial charge >= 0.3 is 0 Å². The molecule has 6 heteroatoms. The van der Waals surface area contributed by atoms with E-state index in [1.165, 1.54) is 0 Å². The molecule has 1 aromatic carbocycles. The van der Waals surface area contributed by atoms with Gasteiger partial charge in [0.15, 0.2) is 0 Å². The van der Waals surface area contributed by atoms with Gasteiger partial charge in [0.05, 0.1) is 17.9 Å². The normalized spacial score (nSPS) is 19.7. The average Bonchev–Trinajstić information content (AvgIpc) is 3.02. The van der Waals surface area contributed by atoms with Crippen molar-refractivity contribution in [3.8, 4) is 0 Å². The molecule has 0 aromatic heterocycles. The van der Waals surface area contributed by atoms with Crippen molar-refractivity contribution in [3.05, 3.63) is 24.3 Å². The van der Waals surface area contributed by atoms with Crippen LogP contribution >= 0.6 is 0 Å². The fourth-order valence-corrected chi connectivity index (χ4v) is 3.37. The summed E-state index contributed by atoms with van der Waals surface area (Å²) in [6.45, 7) is 8.24. The van der Waals surface area contributed by atoms with Crippen molar-refractivity contribution in [3.63, 3.8) is 0 Å². The smallest absolute Gasteiger partial charge is 0.238 e. The summed E-state index contributed by atoms with van der Waals surface area (Å²) in [5, 5.41) is 2.99. The Kier molecular flexibility index (Phi) is 5.48. The summed E-state index contributed by atoms with van der Waals surface area (Å²) in [5.41, 5.74) is 1.54. The first-order chi connectivity index (χ1) is 11.7. The van der Waals surface area contributed by atoms with E-state index in [0.29, 0.717) is 13.0 Å². The predicted molar refractivity (Wildman–Crippen MR) is 95.2 cm³/mol. The average molecular weight is 330 g/mol. The van der Waals surface area contributed by atoms with Crippen LogP contribution in [0.15, 0.2) is 24.3 Å². The van der Waals surface area contributed by atoms with E-state index in [4.69, 9.17) is 0 Å². The maximum atomic E-state index is 12.4. The molecule has 24 heavy (non-hydrogen) atoms. The number of para-hydroxylation sites is 2. The van der Waals surface area contributed by atoms with Crippen LogP contribution in [0.2, 0.25) is 0 Å². The zero-order valence-corrected chi connectivity index (χ0v) is 14.3. The number of nitrogens with zero attached hydrogens (tertiary/aromatic N) is 3. The third-order valence-electron chi connectivity index (χ3n) is 4.82. The Morgan fingerprint density at radius 3 is 2.46 bits per heavy atom. The van der Waals surface area contributed by atoms with Gasteiger partial charge in [-0.25, -0.2) is 0 Å². The zero-order valence-electron chi connectivity index (χ0n) is 14.3. The van der Waals surface area contributed by atoms with E-state index in [9.17, 15) is 9.59 Å². The molecule has 0 radical (unpaired) electrons. The van der Waals surface area contributed by atoms with Crippen molar-refractivity contribution in [2.45, 2.75) is 19.8 Å². The molecule has 2 fully saturated rings. The quantitative estimate of drug-likeness (QED) is 0.886. The van der Waals surface area contributed by atoms with Crippen LogP contribution < -0.4 is 10.2 Å². The van der Waals surface area contributed by atoms with Gasteiger partial charge in [0.25, 0.3) is 0 Å². The number of nitrogens with one attached hydrogen (secondary N) is 1. The van der Waals surface area contributed by atoms with Gasteiger partial charge in [-0.1, -0.05) is 19.1 Å². The molecule has 1 aromatic rings. The topological polar surface area (TPSA) is 55.9 Å². The lowest BCUT2D eigenvalue weighted by molar-refractivity contribution is -0.118. The molecule has 2 aliphatic heterocycles. The molecule has 1 N–H and O–H groups in total. The SMILES string of the molecule is CCN1CCN(CC(=O)Nc2ccccc2N2CCCC2=O)CC1. The van der Waals surface area contributed by atoms with Gasteiger partial charge in [-0.05, 0) is 25.1 Å². The minimum absolute atomic E-state index is 0.0148. The maximum absolute atomic E-state index is 12.4. The van der Waals surface area contributed by atoms with Crippen molar-refractivity contribution >= 4 is 23.2 Å². The van der Waals surface area contributed by atoms with E-state index in [1.807, 2.05) is 24.3 Å². The first kappa shape index (κ1) is 16.9. The Labute approximate surface area is 143 Å². The molecule has 2 heterocycles. The molecular weight excluding hydrogens is 304 g/mol. The lowest BCUT2D eigenvalue weighted by Crippen LogP contribution is -2.48. The molecule has 130 valence electrons. The molecule has 0 unspecified atom stereocenters. The number of benzene rings is 1. The molecule has 0 bridgehead atoms. The molecule has 2 saturated heterocycles. The molecule has 0 aliphatic carbocycles. The van der Waals surface area contributed by atoms with E-state index < -0.39 is 0 Å². The second kappa shape index (κ2) is 7.77. The Morgan fingerprint density at radius 1 is 1.08 bits per heavy atom. The first-order valence-corrected chi connectivity index (χ1v) is 8.81. The van der Waals surface area contributed by atoms with Crippen LogP contribution in [-0.4, -0.2) is 67.4 Å². The van der Waals surface area contributed by atoms with Crippen LogP contribution in [0, 0.1) is 0 Å². The van der Waals surface area contributed by atoms with E-state index in [2.05, 4.69) is 22.0 Å². The molecule has 3 rings (SSSR count). The van der Waals surface area contributed by atoms with Gasteiger partial charge in [-0.2, -0.15) is 0 Å². The summed E-state index contributed by atoms with van der Waals surface area (Å²) in [6, 6.07) is 7.56. The van der Waals surface area contributed by atoms with E-state index in [-0.39, 0.29) is 11.8 Å².